The summed E-state index contributed by atoms with van der Waals surface area (Å²) in [5.74, 6) is -0.270. The van der Waals surface area contributed by atoms with Gasteiger partial charge in [-0.1, -0.05) is 42.0 Å². The van der Waals surface area contributed by atoms with Crippen LogP contribution >= 0.6 is 0 Å². The molecule has 2 N–H and O–H groups in total. The lowest BCUT2D eigenvalue weighted by molar-refractivity contribution is -0.119. The van der Waals surface area contributed by atoms with Gasteiger partial charge in [-0.05, 0) is 60.8 Å². The predicted molar refractivity (Wildman–Crippen MR) is 147 cm³/mol. The van der Waals surface area contributed by atoms with Crippen molar-refractivity contribution in [3.63, 3.8) is 0 Å². The Morgan fingerprint density at radius 3 is 2.71 bits per heavy atom. The van der Waals surface area contributed by atoms with Crippen LogP contribution in [0.5, 0.6) is 0 Å². The number of amides is 2. The number of benzene rings is 3. The highest BCUT2D eigenvalue weighted by atomic mass is 19.1. The van der Waals surface area contributed by atoms with E-state index in [2.05, 4.69) is 40.7 Å². The van der Waals surface area contributed by atoms with Crippen molar-refractivity contribution < 1.29 is 18.7 Å². The Kier molecular flexibility index (Phi) is 7.51. The smallest absolute Gasteiger partial charge is 0.414 e. The Morgan fingerprint density at radius 2 is 1.95 bits per heavy atom. The SMILES string of the molecule is CC(=O)NCC1CN(c2ccc(-c3ccc(CNCCC4C=Nc5ccc(C)cc54)cc3)c(F)c2)C(=O)O1. The van der Waals surface area contributed by atoms with E-state index >= 15 is 4.39 Å². The van der Waals surface area contributed by atoms with E-state index in [9.17, 15) is 9.59 Å². The summed E-state index contributed by atoms with van der Waals surface area (Å²) in [5.41, 5.74) is 6.40. The third-order valence-corrected chi connectivity index (χ3v) is 6.92. The minimum atomic E-state index is -0.552. The molecule has 0 saturated carbocycles. The first-order valence-electron chi connectivity index (χ1n) is 12.8. The zero-order valence-corrected chi connectivity index (χ0v) is 21.5. The lowest BCUT2D eigenvalue weighted by Crippen LogP contribution is -2.33. The van der Waals surface area contributed by atoms with Gasteiger partial charge in [-0.2, -0.15) is 0 Å². The van der Waals surface area contributed by atoms with Crippen LogP contribution in [0.4, 0.5) is 20.6 Å². The molecule has 38 heavy (non-hydrogen) atoms. The summed E-state index contributed by atoms with van der Waals surface area (Å²) in [6, 6.07) is 18.9. The van der Waals surface area contributed by atoms with Gasteiger partial charge in [-0.15, -0.1) is 0 Å². The molecule has 0 aromatic heterocycles. The Bertz CT molecular complexity index is 1370. The molecule has 2 aliphatic rings. The highest BCUT2D eigenvalue weighted by molar-refractivity contribution is 5.90. The molecule has 0 aliphatic carbocycles. The van der Waals surface area contributed by atoms with E-state index in [-0.39, 0.29) is 19.0 Å². The van der Waals surface area contributed by atoms with Gasteiger partial charge in [-0.25, -0.2) is 9.18 Å². The minimum Gasteiger partial charge on any atom is -0.442 e. The van der Waals surface area contributed by atoms with Crippen molar-refractivity contribution in [2.45, 2.75) is 38.8 Å². The van der Waals surface area contributed by atoms with E-state index in [0.29, 0.717) is 17.2 Å². The Hall–Kier alpha value is -4.04. The Morgan fingerprint density at radius 1 is 1.13 bits per heavy atom. The zero-order chi connectivity index (χ0) is 26.6. The highest BCUT2D eigenvalue weighted by Gasteiger charge is 2.32. The van der Waals surface area contributed by atoms with Crippen LogP contribution in [-0.4, -0.2) is 44.0 Å². The van der Waals surface area contributed by atoms with Gasteiger partial charge in [-0.3, -0.25) is 14.7 Å². The van der Waals surface area contributed by atoms with Gasteiger partial charge in [0.2, 0.25) is 5.91 Å². The number of aryl methyl sites for hydroxylation is 1. The zero-order valence-electron chi connectivity index (χ0n) is 21.5. The Labute approximate surface area is 221 Å². The molecular weight excluding hydrogens is 483 g/mol. The van der Waals surface area contributed by atoms with Crippen molar-refractivity contribution in [1.82, 2.24) is 10.6 Å². The van der Waals surface area contributed by atoms with Crippen LogP contribution in [-0.2, 0) is 16.1 Å². The first kappa shape index (κ1) is 25.6. The first-order chi connectivity index (χ1) is 18.4. The number of fused-ring (bicyclic) bond motifs is 1. The van der Waals surface area contributed by atoms with Crippen molar-refractivity contribution in [2.24, 2.45) is 4.99 Å². The maximum atomic E-state index is 15.0. The maximum Gasteiger partial charge on any atom is 0.414 e. The van der Waals surface area contributed by atoms with E-state index in [1.54, 1.807) is 12.1 Å². The summed E-state index contributed by atoms with van der Waals surface area (Å²) in [6.07, 6.45) is 2.00. The monoisotopic (exact) mass is 514 g/mol. The third-order valence-electron chi connectivity index (χ3n) is 6.92. The standard InChI is InChI=1S/C30H31FN4O3/c1-19-3-10-29-27(13-19)23(16-34-29)11-12-32-15-21-4-6-22(7-5-21)26-9-8-24(14-28(26)31)35-18-25(38-30(35)37)17-33-20(2)36/h3-10,13-14,16,23,25,32H,11-12,15,17-18H2,1-2H3,(H,33,36). The predicted octanol–water partition coefficient (Wildman–Crippen LogP) is 5.24. The van der Waals surface area contributed by atoms with E-state index in [0.717, 1.165) is 36.3 Å². The number of ether oxygens (including phenoxy) is 1. The molecule has 0 spiro atoms. The highest BCUT2D eigenvalue weighted by Crippen LogP contribution is 2.34. The van der Waals surface area contributed by atoms with Gasteiger partial charge >= 0.3 is 6.09 Å². The van der Waals surface area contributed by atoms with Gasteiger partial charge < -0.3 is 15.4 Å². The van der Waals surface area contributed by atoms with E-state index in [1.165, 1.54) is 29.0 Å². The minimum absolute atomic E-state index is 0.197. The number of nitrogens with one attached hydrogen (secondary N) is 2. The molecule has 1 saturated heterocycles. The maximum absolute atomic E-state index is 15.0. The molecule has 2 heterocycles. The van der Waals surface area contributed by atoms with Gasteiger partial charge in [0.05, 0.1) is 24.5 Å². The molecule has 3 aromatic rings. The molecule has 0 bridgehead atoms. The van der Waals surface area contributed by atoms with Crippen LogP contribution in [0.15, 0.2) is 65.7 Å². The second-order valence-electron chi connectivity index (χ2n) is 9.83. The third kappa shape index (κ3) is 5.75. The van der Waals surface area contributed by atoms with Crippen molar-refractivity contribution in [3.05, 3.63) is 83.2 Å². The number of nitrogens with zero attached hydrogens (tertiary/aromatic N) is 2. The normalized spacial score (nSPS) is 18.0. The van der Waals surface area contributed by atoms with Gasteiger partial charge in [0.15, 0.2) is 0 Å². The molecule has 3 aromatic carbocycles. The van der Waals surface area contributed by atoms with Crippen LogP contribution in [0, 0.1) is 12.7 Å². The second kappa shape index (κ2) is 11.1. The average molecular weight is 515 g/mol. The van der Waals surface area contributed by atoms with Crippen molar-refractivity contribution >= 4 is 29.6 Å². The lowest BCUT2D eigenvalue weighted by atomic mass is 9.96. The largest absolute Gasteiger partial charge is 0.442 e. The summed E-state index contributed by atoms with van der Waals surface area (Å²) in [4.78, 5) is 29.3. The second-order valence-corrected chi connectivity index (χ2v) is 9.83. The molecule has 2 aliphatic heterocycles. The van der Waals surface area contributed by atoms with E-state index < -0.39 is 18.0 Å². The molecule has 1 fully saturated rings. The molecule has 0 radical (unpaired) electrons. The summed E-state index contributed by atoms with van der Waals surface area (Å²) in [7, 11) is 0. The molecule has 196 valence electrons. The fourth-order valence-electron chi connectivity index (χ4n) is 4.86. The van der Waals surface area contributed by atoms with Crippen LogP contribution in [0.25, 0.3) is 11.1 Å². The number of hydrogen-bond acceptors (Lipinski definition) is 5. The van der Waals surface area contributed by atoms with Crippen molar-refractivity contribution in [3.8, 4) is 11.1 Å². The van der Waals surface area contributed by atoms with E-state index in [4.69, 9.17) is 4.74 Å². The summed E-state index contributed by atoms with van der Waals surface area (Å²) < 4.78 is 20.3. The lowest BCUT2D eigenvalue weighted by Gasteiger charge is -2.15. The molecule has 2 unspecified atom stereocenters. The van der Waals surface area contributed by atoms with Crippen LogP contribution in [0.3, 0.4) is 0 Å². The number of carbonyl (C=O) groups is 2. The summed E-state index contributed by atoms with van der Waals surface area (Å²) in [6.45, 7) is 5.57. The quantitative estimate of drug-likeness (QED) is 0.383. The first-order valence-corrected chi connectivity index (χ1v) is 12.8. The number of cyclic esters (lactones) is 1. The van der Waals surface area contributed by atoms with Gasteiger partial charge in [0, 0.05) is 31.2 Å². The van der Waals surface area contributed by atoms with Crippen LogP contribution < -0.4 is 15.5 Å². The van der Waals surface area contributed by atoms with Crippen LogP contribution in [0.2, 0.25) is 0 Å². The fourth-order valence-corrected chi connectivity index (χ4v) is 4.86. The number of carbonyl (C=O) groups excluding carboxylic acids is 2. The number of rotatable bonds is 9. The number of anilines is 1. The van der Waals surface area contributed by atoms with Crippen LogP contribution in [0.1, 0.15) is 36.0 Å². The molecule has 8 heteroatoms. The summed E-state index contributed by atoms with van der Waals surface area (Å²) in [5, 5.41) is 6.13. The molecule has 2 atom stereocenters. The topological polar surface area (TPSA) is 83.0 Å². The fraction of sp³-hybridized carbons (Fsp3) is 0.300. The molecule has 5 rings (SSSR count). The summed E-state index contributed by atoms with van der Waals surface area (Å²) >= 11 is 0. The van der Waals surface area contributed by atoms with Crippen molar-refractivity contribution in [1.29, 1.82) is 0 Å². The van der Waals surface area contributed by atoms with E-state index in [1.807, 2.05) is 30.5 Å². The Balaban J connectivity index is 1.14. The molecular formula is C30H31FN4O3. The van der Waals surface area contributed by atoms with Crippen molar-refractivity contribution in [2.75, 3.05) is 24.5 Å². The molecule has 2 amide bonds. The number of hydrogen-bond donors (Lipinski definition) is 2. The average Bonchev–Trinajstić information content (AvgIpc) is 3.48. The molecule has 7 nitrogen and oxygen atoms in total. The van der Waals surface area contributed by atoms with Gasteiger partial charge in [0.1, 0.15) is 11.9 Å². The van der Waals surface area contributed by atoms with Gasteiger partial charge in [0.25, 0.3) is 0 Å². The number of halogens is 1. The number of aliphatic imine (C=N–C) groups is 1.